The molecule has 0 spiro atoms. The molecule has 2 nitrogen and oxygen atoms in total. The zero-order valence-electron chi connectivity index (χ0n) is 8.26. The molecule has 0 fully saturated rings. The highest BCUT2D eigenvalue weighted by Crippen LogP contribution is 2.16. The second-order valence-corrected chi connectivity index (χ2v) is 3.96. The predicted octanol–water partition coefficient (Wildman–Crippen LogP) is 3.11. The highest BCUT2D eigenvalue weighted by atomic mass is 35.5. The van der Waals surface area contributed by atoms with E-state index in [0.29, 0.717) is 11.1 Å². The Morgan fingerprint density at radius 2 is 2.23 bits per heavy atom. The second-order valence-electron chi connectivity index (χ2n) is 3.61. The van der Waals surface area contributed by atoms with Crippen molar-refractivity contribution in [2.75, 3.05) is 11.9 Å². The summed E-state index contributed by atoms with van der Waals surface area (Å²) in [5.41, 5.74) is 2.05. The van der Waals surface area contributed by atoms with E-state index in [9.17, 15) is 0 Å². The number of aryl methyl sites for hydroxylation is 1. The number of nitrogens with one attached hydrogen (secondary N) is 1. The van der Waals surface area contributed by atoms with Gasteiger partial charge in [0.05, 0.1) is 11.9 Å². The SMILES string of the molecule is Cc1cc(NCC(C)C)cnc1Cl. The molecule has 0 amide bonds. The van der Waals surface area contributed by atoms with Gasteiger partial charge in [0.1, 0.15) is 5.15 Å². The molecule has 3 heteroatoms. The highest BCUT2D eigenvalue weighted by molar-refractivity contribution is 6.30. The van der Waals surface area contributed by atoms with Crippen molar-refractivity contribution in [1.82, 2.24) is 4.98 Å². The molecular formula is C10H15ClN2. The lowest BCUT2D eigenvalue weighted by Gasteiger charge is -2.09. The van der Waals surface area contributed by atoms with E-state index in [2.05, 4.69) is 24.1 Å². The van der Waals surface area contributed by atoms with E-state index >= 15 is 0 Å². The number of hydrogen-bond acceptors (Lipinski definition) is 2. The summed E-state index contributed by atoms with van der Waals surface area (Å²) in [6, 6.07) is 2.01. The minimum atomic E-state index is 0.579. The van der Waals surface area contributed by atoms with Gasteiger partial charge in [-0.2, -0.15) is 0 Å². The molecule has 0 aliphatic heterocycles. The third kappa shape index (κ3) is 3.23. The lowest BCUT2D eigenvalue weighted by molar-refractivity contribution is 0.688. The highest BCUT2D eigenvalue weighted by Gasteiger charge is 1.99. The minimum Gasteiger partial charge on any atom is -0.384 e. The predicted molar refractivity (Wildman–Crippen MR) is 57.3 cm³/mol. The number of anilines is 1. The van der Waals surface area contributed by atoms with Crippen LogP contribution < -0.4 is 5.32 Å². The maximum Gasteiger partial charge on any atom is 0.132 e. The summed E-state index contributed by atoms with van der Waals surface area (Å²) in [6.45, 7) is 7.26. The summed E-state index contributed by atoms with van der Waals surface area (Å²) in [7, 11) is 0. The number of halogens is 1. The van der Waals surface area contributed by atoms with Crippen LogP contribution in [0, 0.1) is 12.8 Å². The van der Waals surface area contributed by atoms with Crippen LogP contribution in [0.3, 0.4) is 0 Å². The molecule has 13 heavy (non-hydrogen) atoms. The van der Waals surface area contributed by atoms with Gasteiger partial charge in [0.15, 0.2) is 0 Å². The molecule has 1 N–H and O–H groups in total. The van der Waals surface area contributed by atoms with Crippen molar-refractivity contribution >= 4 is 17.3 Å². The number of hydrogen-bond donors (Lipinski definition) is 1. The van der Waals surface area contributed by atoms with Crippen molar-refractivity contribution < 1.29 is 0 Å². The standard InChI is InChI=1S/C10H15ClN2/c1-7(2)5-12-9-4-8(3)10(11)13-6-9/h4,6-7,12H,5H2,1-3H3. The minimum absolute atomic E-state index is 0.579. The van der Waals surface area contributed by atoms with Crippen LogP contribution in [-0.4, -0.2) is 11.5 Å². The number of rotatable bonds is 3. The first kappa shape index (κ1) is 10.3. The molecule has 0 bridgehead atoms. The van der Waals surface area contributed by atoms with Gasteiger partial charge < -0.3 is 5.32 Å². The molecule has 1 heterocycles. The van der Waals surface area contributed by atoms with Crippen molar-refractivity contribution in [1.29, 1.82) is 0 Å². The summed E-state index contributed by atoms with van der Waals surface area (Å²) >= 11 is 5.80. The zero-order valence-corrected chi connectivity index (χ0v) is 9.02. The van der Waals surface area contributed by atoms with Crippen LogP contribution in [0.25, 0.3) is 0 Å². The molecule has 0 aliphatic carbocycles. The van der Waals surface area contributed by atoms with E-state index in [1.54, 1.807) is 6.20 Å². The van der Waals surface area contributed by atoms with Crippen molar-refractivity contribution in [3.8, 4) is 0 Å². The summed E-state index contributed by atoms with van der Waals surface area (Å²) in [6.07, 6.45) is 1.76. The third-order valence-corrected chi connectivity index (χ3v) is 2.12. The molecule has 0 atom stereocenters. The Balaban J connectivity index is 2.63. The fourth-order valence-corrected chi connectivity index (χ4v) is 1.08. The molecule has 1 aromatic heterocycles. The summed E-state index contributed by atoms with van der Waals surface area (Å²) in [4.78, 5) is 4.06. The van der Waals surface area contributed by atoms with Crippen LogP contribution in [0.1, 0.15) is 19.4 Å². The van der Waals surface area contributed by atoms with Gasteiger partial charge in [-0.05, 0) is 24.5 Å². The van der Waals surface area contributed by atoms with E-state index in [0.717, 1.165) is 17.8 Å². The van der Waals surface area contributed by atoms with E-state index in [-0.39, 0.29) is 0 Å². The molecule has 1 rings (SSSR count). The summed E-state index contributed by atoms with van der Waals surface area (Å²) in [5, 5.41) is 3.87. The largest absolute Gasteiger partial charge is 0.384 e. The van der Waals surface area contributed by atoms with Crippen molar-refractivity contribution in [3.63, 3.8) is 0 Å². The van der Waals surface area contributed by atoms with Gasteiger partial charge in [0, 0.05) is 6.54 Å². The summed E-state index contributed by atoms with van der Waals surface area (Å²) in [5.74, 6) is 0.635. The van der Waals surface area contributed by atoms with Gasteiger partial charge in [0.25, 0.3) is 0 Å². The third-order valence-electron chi connectivity index (χ3n) is 1.73. The molecule has 72 valence electrons. The molecule has 0 saturated heterocycles. The zero-order chi connectivity index (χ0) is 9.84. The number of nitrogens with zero attached hydrogens (tertiary/aromatic N) is 1. The quantitative estimate of drug-likeness (QED) is 0.755. The monoisotopic (exact) mass is 198 g/mol. The van der Waals surface area contributed by atoms with Gasteiger partial charge in [-0.15, -0.1) is 0 Å². The van der Waals surface area contributed by atoms with Crippen LogP contribution in [0.4, 0.5) is 5.69 Å². The van der Waals surface area contributed by atoms with Gasteiger partial charge in [-0.25, -0.2) is 4.98 Å². The maximum absolute atomic E-state index is 5.80. The fourth-order valence-electron chi connectivity index (χ4n) is 0.977. The smallest absolute Gasteiger partial charge is 0.132 e. The lowest BCUT2D eigenvalue weighted by Crippen LogP contribution is -2.08. The van der Waals surface area contributed by atoms with E-state index in [4.69, 9.17) is 11.6 Å². The van der Waals surface area contributed by atoms with Crippen LogP contribution >= 0.6 is 11.6 Å². The Morgan fingerprint density at radius 1 is 1.54 bits per heavy atom. The average molecular weight is 199 g/mol. The number of pyridine rings is 1. The van der Waals surface area contributed by atoms with Crippen LogP contribution in [0.5, 0.6) is 0 Å². The Labute approximate surface area is 84.3 Å². The summed E-state index contributed by atoms with van der Waals surface area (Å²) < 4.78 is 0. The topological polar surface area (TPSA) is 24.9 Å². The molecule has 0 aromatic carbocycles. The van der Waals surface area contributed by atoms with Crippen LogP contribution in [0.2, 0.25) is 5.15 Å². The Hall–Kier alpha value is -0.760. The average Bonchev–Trinajstić information content (AvgIpc) is 2.07. The van der Waals surface area contributed by atoms with Gasteiger partial charge in [-0.1, -0.05) is 25.4 Å². The Morgan fingerprint density at radius 3 is 2.77 bits per heavy atom. The maximum atomic E-state index is 5.80. The molecule has 0 aliphatic rings. The van der Waals surface area contributed by atoms with Crippen molar-refractivity contribution in [2.24, 2.45) is 5.92 Å². The van der Waals surface area contributed by atoms with Gasteiger partial charge >= 0.3 is 0 Å². The van der Waals surface area contributed by atoms with Crippen LogP contribution in [-0.2, 0) is 0 Å². The molecular weight excluding hydrogens is 184 g/mol. The van der Waals surface area contributed by atoms with Gasteiger partial charge in [0.2, 0.25) is 0 Å². The molecule has 0 radical (unpaired) electrons. The number of aromatic nitrogens is 1. The fraction of sp³-hybridized carbons (Fsp3) is 0.500. The molecule has 0 unspecified atom stereocenters. The van der Waals surface area contributed by atoms with Gasteiger partial charge in [-0.3, -0.25) is 0 Å². The van der Waals surface area contributed by atoms with Crippen molar-refractivity contribution in [3.05, 3.63) is 23.0 Å². The lowest BCUT2D eigenvalue weighted by atomic mass is 10.2. The van der Waals surface area contributed by atoms with Crippen molar-refractivity contribution in [2.45, 2.75) is 20.8 Å². The second kappa shape index (κ2) is 4.47. The first-order valence-electron chi connectivity index (χ1n) is 4.45. The van der Waals surface area contributed by atoms with Crippen LogP contribution in [0.15, 0.2) is 12.3 Å². The van der Waals surface area contributed by atoms with E-state index in [1.807, 2.05) is 13.0 Å². The first-order valence-corrected chi connectivity index (χ1v) is 4.83. The Kier molecular flexibility index (Phi) is 3.55. The first-order chi connectivity index (χ1) is 6.09. The Bertz CT molecular complexity index is 284. The van der Waals surface area contributed by atoms with E-state index < -0.39 is 0 Å². The normalized spacial score (nSPS) is 10.5. The van der Waals surface area contributed by atoms with E-state index in [1.165, 1.54) is 0 Å². The molecule has 0 saturated carbocycles. The molecule has 1 aromatic rings.